The molecule has 1 saturated heterocycles. The van der Waals surface area contributed by atoms with E-state index in [1.54, 1.807) is 35.2 Å². The van der Waals surface area contributed by atoms with Crippen LogP contribution in [0.1, 0.15) is 35.0 Å². The first-order valence-corrected chi connectivity index (χ1v) is 8.55. The Balaban J connectivity index is 1.78. The van der Waals surface area contributed by atoms with Crippen LogP contribution >= 0.6 is 22.9 Å². The van der Waals surface area contributed by atoms with Crippen molar-refractivity contribution in [1.82, 2.24) is 14.7 Å². The van der Waals surface area contributed by atoms with Gasteiger partial charge < -0.3 is 4.90 Å². The molecule has 2 aromatic heterocycles. The zero-order valence-corrected chi connectivity index (χ0v) is 14.2. The molecule has 1 fully saturated rings. The highest BCUT2D eigenvalue weighted by atomic mass is 35.5. The van der Waals surface area contributed by atoms with Crippen LogP contribution < -0.4 is 0 Å². The molecule has 4 nitrogen and oxygen atoms in total. The average Bonchev–Trinajstić information content (AvgIpc) is 3.20. The van der Waals surface area contributed by atoms with Gasteiger partial charge in [-0.3, -0.25) is 9.48 Å². The van der Waals surface area contributed by atoms with Gasteiger partial charge in [-0.25, -0.2) is 0 Å². The second-order valence-corrected chi connectivity index (χ2v) is 6.79. The van der Waals surface area contributed by atoms with Gasteiger partial charge in [0, 0.05) is 30.1 Å². The van der Waals surface area contributed by atoms with Gasteiger partial charge in [-0.15, -0.1) is 11.3 Å². The minimum atomic E-state index is 0.0372. The summed E-state index contributed by atoms with van der Waals surface area (Å²) in [5.74, 6) is 0.0372. The molecule has 1 aliphatic rings. The number of aromatic nitrogens is 2. The number of aryl methyl sites for hydroxylation is 2. The number of carbonyl (C=O) groups is 1. The van der Waals surface area contributed by atoms with Crippen molar-refractivity contribution in [2.24, 2.45) is 7.05 Å². The van der Waals surface area contributed by atoms with Crippen molar-refractivity contribution in [2.45, 2.75) is 25.8 Å². The Kier molecular flexibility index (Phi) is 4.36. The molecule has 1 aliphatic heterocycles. The summed E-state index contributed by atoms with van der Waals surface area (Å²) in [4.78, 5) is 15.7. The molecule has 0 aromatic carbocycles. The monoisotopic (exact) mass is 335 g/mol. The highest BCUT2D eigenvalue weighted by Gasteiger charge is 2.29. The smallest absolute Gasteiger partial charge is 0.247 e. The molecule has 0 N–H and O–H groups in total. The van der Waals surface area contributed by atoms with Crippen molar-refractivity contribution >= 4 is 34.9 Å². The number of amides is 1. The summed E-state index contributed by atoms with van der Waals surface area (Å²) in [7, 11) is 1.79. The van der Waals surface area contributed by atoms with E-state index in [1.165, 1.54) is 4.88 Å². The standard InChI is InChI=1S/C16H18ClN3OS/c1-11-12(16(17)19(2)18-11)7-8-15(21)20-9-3-5-13(20)14-6-4-10-22-14/h4,6-8,10,13H,3,5,9H2,1-2H3. The minimum Gasteiger partial charge on any atom is -0.331 e. The third-order valence-electron chi connectivity index (χ3n) is 4.00. The van der Waals surface area contributed by atoms with E-state index >= 15 is 0 Å². The topological polar surface area (TPSA) is 38.1 Å². The van der Waals surface area contributed by atoms with Gasteiger partial charge in [0.2, 0.25) is 5.91 Å². The van der Waals surface area contributed by atoms with Crippen LogP contribution in [-0.4, -0.2) is 27.1 Å². The van der Waals surface area contributed by atoms with Crippen LogP contribution in [0, 0.1) is 6.92 Å². The first kappa shape index (κ1) is 15.3. The fraction of sp³-hybridized carbons (Fsp3) is 0.375. The van der Waals surface area contributed by atoms with Gasteiger partial charge in [0.05, 0.1) is 11.7 Å². The van der Waals surface area contributed by atoms with Gasteiger partial charge in [-0.1, -0.05) is 17.7 Å². The van der Waals surface area contributed by atoms with E-state index in [4.69, 9.17) is 11.6 Å². The van der Waals surface area contributed by atoms with Crippen LogP contribution in [0.2, 0.25) is 5.15 Å². The van der Waals surface area contributed by atoms with Crippen LogP contribution in [-0.2, 0) is 11.8 Å². The van der Waals surface area contributed by atoms with Crippen LogP contribution in [0.5, 0.6) is 0 Å². The molecule has 2 aromatic rings. The summed E-state index contributed by atoms with van der Waals surface area (Å²) in [6.07, 6.45) is 5.47. The third-order valence-corrected chi connectivity index (χ3v) is 5.42. The lowest BCUT2D eigenvalue weighted by Gasteiger charge is -2.22. The first-order chi connectivity index (χ1) is 10.6. The maximum atomic E-state index is 12.5. The second-order valence-electron chi connectivity index (χ2n) is 5.45. The molecule has 0 radical (unpaired) electrons. The molecule has 0 aliphatic carbocycles. The number of halogens is 1. The molecule has 116 valence electrons. The van der Waals surface area contributed by atoms with Crippen molar-refractivity contribution in [2.75, 3.05) is 6.54 Å². The first-order valence-electron chi connectivity index (χ1n) is 7.29. The molecular weight excluding hydrogens is 318 g/mol. The number of rotatable bonds is 3. The summed E-state index contributed by atoms with van der Waals surface area (Å²) in [5.41, 5.74) is 1.64. The summed E-state index contributed by atoms with van der Waals surface area (Å²) >= 11 is 7.90. The Morgan fingerprint density at radius 2 is 2.36 bits per heavy atom. The number of thiophene rings is 1. The lowest BCUT2D eigenvalue weighted by molar-refractivity contribution is -0.126. The molecule has 3 heterocycles. The zero-order valence-electron chi connectivity index (χ0n) is 12.6. The molecule has 0 spiro atoms. The van der Waals surface area contributed by atoms with Gasteiger partial charge in [-0.05, 0) is 37.3 Å². The van der Waals surface area contributed by atoms with E-state index in [1.807, 2.05) is 17.9 Å². The van der Waals surface area contributed by atoms with Gasteiger partial charge >= 0.3 is 0 Å². The maximum absolute atomic E-state index is 12.5. The summed E-state index contributed by atoms with van der Waals surface area (Å²) < 4.78 is 1.62. The largest absolute Gasteiger partial charge is 0.331 e. The fourth-order valence-corrected chi connectivity index (χ4v) is 4.00. The van der Waals surface area contributed by atoms with Crippen LogP contribution in [0.25, 0.3) is 6.08 Å². The van der Waals surface area contributed by atoms with E-state index in [2.05, 4.69) is 16.5 Å². The Labute approximate surface area is 139 Å². The SMILES string of the molecule is Cc1nn(C)c(Cl)c1C=CC(=O)N1CCCC1c1cccs1. The van der Waals surface area contributed by atoms with Crippen LogP contribution in [0.4, 0.5) is 0 Å². The molecule has 1 unspecified atom stereocenters. The molecule has 1 atom stereocenters. The highest BCUT2D eigenvalue weighted by Crippen LogP contribution is 2.34. The van der Waals surface area contributed by atoms with E-state index in [9.17, 15) is 4.79 Å². The minimum absolute atomic E-state index is 0.0372. The molecular formula is C16H18ClN3OS. The van der Waals surface area contributed by atoms with Crippen LogP contribution in [0.15, 0.2) is 23.6 Å². The number of nitrogens with zero attached hydrogens (tertiary/aromatic N) is 3. The van der Waals surface area contributed by atoms with Gasteiger partial charge in [0.25, 0.3) is 0 Å². The van der Waals surface area contributed by atoms with Crippen LogP contribution in [0.3, 0.4) is 0 Å². The lowest BCUT2D eigenvalue weighted by atomic mass is 10.2. The maximum Gasteiger partial charge on any atom is 0.247 e. The van der Waals surface area contributed by atoms with Crippen molar-refractivity contribution in [1.29, 1.82) is 0 Å². The quantitative estimate of drug-likeness (QED) is 0.800. The van der Waals surface area contributed by atoms with E-state index in [0.29, 0.717) is 5.15 Å². The van der Waals surface area contributed by atoms with Gasteiger partial charge in [-0.2, -0.15) is 5.10 Å². The molecule has 0 bridgehead atoms. The summed E-state index contributed by atoms with van der Waals surface area (Å²) in [5, 5.41) is 6.87. The average molecular weight is 336 g/mol. The third kappa shape index (κ3) is 2.83. The normalized spacial score (nSPS) is 18.5. The van der Waals surface area contributed by atoms with E-state index in [0.717, 1.165) is 30.6 Å². The fourth-order valence-electron chi connectivity index (χ4n) is 2.89. The lowest BCUT2D eigenvalue weighted by Crippen LogP contribution is -2.28. The zero-order chi connectivity index (χ0) is 15.7. The summed E-state index contributed by atoms with van der Waals surface area (Å²) in [6, 6.07) is 4.35. The predicted octanol–water partition coefficient (Wildman–Crippen LogP) is 3.82. The number of carbonyl (C=O) groups excluding carboxylic acids is 1. The Hall–Kier alpha value is -1.59. The number of hydrogen-bond acceptors (Lipinski definition) is 3. The predicted molar refractivity (Wildman–Crippen MR) is 90.0 cm³/mol. The molecule has 6 heteroatoms. The Morgan fingerprint density at radius 1 is 1.55 bits per heavy atom. The molecule has 22 heavy (non-hydrogen) atoms. The molecule has 0 saturated carbocycles. The van der Waals surface area contributed by atoms with E-state index in [-0.39, 0.29) is 11.9 Å². The van der Waals surface area contributed by atoms with Gasteiger partial charge in [0.15, 0.2) is 0 Å². The van der Waals surface area contributed by atoms with Crippen molar-refractivity contribution in [3.63, 3.8) is 0 Å². The number of likely N-dealkylation sites (tertiary alicyclic amines) is 1. The van der Waals surface area contributed by atoms with Crippen molar-refractivity contribution < 1.29 is 4.79 Å². The van der Waals surface area contributed by atoms with Gasteiger partial charge in [0.1, 0.15) is 5.15 Å². The Bertz CT molecular complexity index is 705. The number of hydrogen-bond donors (Lipinski definition) is 0. The van der Waals surface area contributed by atoms with E-state index < -0.39 is 0 Å². The van der Waals surface area contributed by atoms with Crippen molar-refractivity contribution in [3.8, 4) is 0 Å². The Morgan fingerprint density at radius 3 is 3.00 bits per heavy atom. The summed E-state index contributed by atoms with van der Waals surface area (Å²) in [6.45, 7) is 2.70. The highest BCUT2D eigenvalue weighted by molar-refractivity contribution is 7.10. The van der Waals surface area contributed by atoms with Crippen molar-refractivity contribution in [3.05, 3.63) is 44.9 Å². The molecule has 1 amide bonds. The molecule has 3 rings (SSSR count). The second kappa shape index (κ2) is 6.26.